The van der Waals surface area contributed by atoms with E-state index in [0.29, 0.717) is 0 Å². The van der Waals surface area contributed by atoms with Gasteiger partial charge in [0.2, 0.25) is 0 Å². The third-order valence-electron chi connectivity index (χ3n) is 3.11. The molecule has 0 radical (unpaired) electrons. The topological polar surface area (TPSA) is 12.9 Å². The Bertz CT molecular complexity index is 527. The highest BCUT2D eigenvalue weighted by molar-refractivity contribution is 9.10. The summed E-state index contributed by atoms with van der Waals surface area (Å²) in [5.74, 6) is 0.172. The molecule has 0 aliphatic rings. The van der Waals surface area contributed by atoms with Crippen LogP contribution in [0.1, 0.15) is 35.0 Å². The minimum absolute atomic E-state index is 0.0887. The fraction of sp³-hybridized carbons (Fsp3) is 0.267. The summed E-state index contributed by atoms with van der Waals surface area (Å²) in [7, 11) is 0. The molecule has 0 N–H and O–H groups in total. The number of aryl methyl sites for hydroxylation is 1. The second-order valence-electron chi connectivity index (χ2n) is 4.42. The molecule has 0 saturated carbocycles. The molecular weight excluding hydrogens is 310 g/mol. The van der Waals surface area contributed by atoms with Gasteiger partial charge in [-0.25, -0.2) is 0 Å². The molecule has 1 nitrogen and oxygen atoms in total. The van der Waals surface area contributed by atoms with E-state index in [0.717, 1.165) is 15.7 Å². The monoisotopic (exact) mass is 323 g/mol. The van der Waals surface area contributed by atoms with Gasteiger partial charge in [0.1, 0.15) is 0 Å². The second-order valence-corrected chi connectivity index (χ2v) is 5.69. The van der Waals surface area contributed by atoms with E-state index in [-0.39, 0.29) is 11.3 Å². The average molecular weight is 325 g/mol. The number of aromatic nitrogens is 1. The molecule has 18 heavy (non-hydrogen) atoms. The Morgan fingerprint density at radius 2 is 1.94 bits per heavy atom. The second kappa shape index (κ2) is 5.85. The fourth-order valence-electron chi connectivity index (χ4n) is 1.95. The van der Waals surface area contributed by atoms with Crippen molar-refractivity contribution in [1.82, 2.24) is 4.98 Å². The third kappa shape index (κ3) is 2.76. The summed E-state index contributed by atoms with van der Waals surface area (Å²) in [6.45, 7) is 4.18. The largest absolute Gasteiger partial charge is 0.261 e. The number of rotatable bonds is 3. The molecule has 3 heteroatoms. The van der Waals surface area contributed by atoms with E-state index in [4.69, 9.17) is 11.6 Å². The standard InChI is InChI=1S/C15H15BrClN/c1-10-6-5-7-12(14(10)16)15(17)11(2)13-8-3-4-9-18-13/h3-9,11,15H,1-2H3. The molecule has 1 heterocycles. The van der Waals surface area contributed by atoms with Crippen LogP contribution in [0.3, 0.4) is 0 Å². The van der Waals surface area contributed by atoms with Crippen molar-refractivity contribution < 1.29 is 0 Å². The molecule has 0 fully saturated rings. The van der Waals surface area contributed by atoms with E-state index in [2.05, 4.69) is 46.9 Å². The zero-order valence-electron chi connectivity index (χ0n) is 10.4. The van der Waals surface area contributed by atoms with E-state index in [1.165, 1.54) is 5.56 Å². The van der Waals surface area contributed by atoms with Crippen LogP contribution >= 0.6 is 27.5 Å². The maximum absolute atomic E-state index is 6.60. The normalized spacial score (nSPS) is 14.2. The molecule has 2 unspecified atom stereocenters. The van der Waals surface area contributed by atoms with Gasteiger partial charge in [0.05, 0.1) is 5.38 Å². The molecule has 0 saturated heterocycles. The molecule has 94 valence electrons. The van der Waals surface area contributed by atoms with E-state index < -0.39 is 0 Å². The maximum atomic E-state index is 6.60. The average Bonchev–Trinajstić information content (AvgIpc) is 2.41. The first kappa shape index (κ1) is 13.6. The number of hydrogen-bond acceptors (Lipinski definition) is 1. The fourth-order valence-corrected chi connectivity index (χ4v) is 2.90. The Labute approximate surface area is 121 Å². The van der Waals surface area contributed by atoms with Crippen molar-refractivity contribution in [2.45, 2.75) is 25.1 Å². The van der Waals surface area contributed by atoms with Crippen LogP contribution in [0.25, 0.3) is 0 Å². The first-order valence-corrected chi connectivity index (χ1v) is 7.14. The predicted octanol–water partition coefficient (Wildman–Crippen LogP) is 5.24. The Morgan fingerprint density at radius 1 is 1.17 bits per heavy atom. The lowest BCUT2D eigenvalue weighted by atomic mass is 9.96. The van der Waals surface area contributed by atoms with Crippen molar-refractivity contribution >= 4 is 27.5 Å². The minimum Gasteiger partial charge on any atom is -0.261 e. The van der Waals surface area contributed by atoms with Crippen LogP contribution in [0.2, 0.25) is 0 Å². The van der Waals surface area contributed by atoms with Gasteiger partial charge < -0.3 is 0 Å². The molecular formula is C15H15BrClN. The molecule has 0 aliphatic carbocycles. The van der Waals surface area contributed by atoms with Gasteiger partial charge >= 0.3 is 0 Å². The highest BCUT2D eigenvalue weighted by Crippen LogP contribution is 2.39. The highest BCUT2D eigenvalue weighted by atomic mass is 79.9. The summed E-state index contributed by atoms with van der Waals surface area (Å²) in [6, 6.07) is 12.1. The number of alkyl halides is 1. The lowest BCUT2D eigenvalue weighted by molar-refractivity contribution is 0.704. The Kier molecular flexibility index (Phi) is 4.41. The van der Waals surface area contributed by atoms with Crippen molar-refractivity contribution in [3.8, 4) is 0 Å². The molecule has 2 atom stereocenters. The molecule has 0 bridgehead atoms. The Hall–Kier alpha value is -0.860. The van der Waals surface area contributed by atoms with E-state index in [1.54, 1.807) is 6.20 Å². The van der Waals surface area contributed by atoms with Gasteiger partial charge in [-0.1, -0.05) is 47.1 Å². The summed E-state index contributed by atoms with van der Waals surface area (Å²) < 4.78 is 1.09. The summed E-state index contributed by atoms with van der Waals surface area (Å²) in [6.07, 6.45) is 1.81. The summed E-state index contributed by atoms with van der Waals surface area (Å²) in [5, 5.41) is -0.0887. The smallest absolute Gasteiger partial charge is 0.0677 e. The van der Waals surface area contributed by atoms with Crippen molar-refractivity contribution in [3.63, 3.8) is 0 Å². The number of hydrogen-bond donors (Lipinski definition) is 0. The van der Waals surface area contributed by atoms with Gasteiger partial charge in [-0.2, -0.15) is 0 Å². The van der Waals surface area contributed by atoms with Crippen LogP contribution in [0.5, 0.6) is 0 Å². The zero-order chi connectivity index (χ0) is 13.1. The first-order valence-electron chi connectivity index (χ1n) is 5.91. The lowest BCUT2D eigenvalue weighted by Gasteiger charge is -2.19. The minimum atomic E-state index is -0.0887. The molecule has 2 rings (SSSR count). The van der Waals surface area contributed by atoms with Crippen LogP contribution in [-0.4, -0.2) is 4.98 Å². The van der Waals surface area contributed by atoms with Crippen molar-refractivity contribution in [3.05, 3.63) is 63.9 Å². The molecule has 1 aromatic carbocycles. The molecule has 0 amide bonds. The first-order chi connectivity index (χ1) is 8.61. The van der Waals surface area contributed by atoms with Crippen LogP contribution in [0.4, 0.5) is 0 Å². The van der Waals surface area contributed by atoms with Crippen LogP contribution in [0, 0.1) is 6.92 Å². The van der Waals surface area contributed by atoms with Gasteiger partial charge in [-0.3, -0.25) is 4.98 Å². The van der Waals surface area contributed by atoms with Gasteiger partial charge in [-0.05, 0) is 30.2 Å². The van der Waals surface area contributed by atoms with Crippen molar-refractivity contribution in [2.24, 2.45) is 0 Å². The molecule has 0 spiro atoms. The summed E-state index contributed by atoms with van der Waals surface area (Å²) in [5.41, 5.74) is 3.34. The molecule has 0 aliphatic heterocycles. The van der Waals surface area contributed by atoms with Crippen LogP contribution in [0.15, 0.2) is 47.1 Å². The lowest BCUT2D eigenvalue weighted by Crippen LogP contribution is -2.05. The highest BCUT2D eigenvalue weighted by Gasteiger charge is 2.21. The summed E-state index contributed by atoms with van der Waals surface area (Å²) in [4.78, 5) is 4.38. The number of nitrogens with zero attached hydrogens (tertiary/aromatic N) is 1. The zero-order valence-corrected chi connectivity index (χ0v) is 12.7. The summed E-state index contributed by atoms with van der Waals surface area (Å²) >= 11 is 10.2. The number of halogens is 2. The van der Waals surface area contributed by atoms with E-state index in [9.17, 15) is 0 Å². The van der Waals surface area contributed by atoms with E-state index >= 15 is 0 Å². The van der Waals surface area contributed by atoms with Crippen molar-refractivity contribution in [2.75, 3.05) is 0 Å². The quantitative estimate of drug-likeness (QED) is 0.704. The maximum Gasteiger partial charge on any atom is 0.0677 e. The molecule has 2 aromatic rings. The number of pyridine rings is 1. The van der Waals surface area contributed by atoms with Crippen LogP contribution in [-0.2, 0) is 0 Å². The number of benzene rings is 1. The van der Waals surface area contributed by atoms with Gasteiger partial charge in [-0.15, -0.1) is 11.6 Å². The predicted molar refractivity (Wildman–Crippen MR) is 80.1 cm³/mol. The van der Waals surface area contributed by atoms with Crippen LogP contribution < -0.4 is 0 Å². The van der Waals surface area contributed by atoms with Crippen molar-refractivity contribution in [1.29, 1.82) is 0 Å². The van der Waals surface area contributed by atoms with Gasteiger partial charge in [0, 0.05) is 22.3 Å². The third-order valence-corrected chi connectivity index (χ3v) is 4.81. The molecule has 1 aromatic heterocycles. The Morgan fingerprint density at radius 3 is 2.61 bits per heavy atom. The van der Waals surface area contributed by atoms with E-state index in [1.807, 2.05) is 24.3 Å². The van der Waals surface area contributed by atoms with Gasteiger partial charge in [0.25, 0.3) is 0 Å². The van der Waals surface area contributed by atoms with Gasteiger partial charge in [0.15, 0.2) is 0 Å². The SMILES string of the molecule is Cc1cccc(C(Cl)C(C)c2ccccn2)c1Br. The Balaban J connectivity index is 2.31.